The lowest BCUT2D eigenvalue weighted by molar-refractivity contribution is 0.218. The topological polar surface area (TPSA) is 20.2 Å². The molecule has 0 saturated carbocycles. The van der Waals surface area contributed by atoms with Crippen molar-refractivity contribution in [3.05, 3.63) is 54.4 Å². The fourth-order valence-electron chi connectivity index (χ4n) is 2.55. The number of rotatable bonds is 2. The minimum absolute atomic E-state index is 0.0165. The van der Waals surface area contributed by atoms with Crippen LogP contribution >= 0.6 is 38.9 Å². The molecular formula is C15H13BrClFOS. The molecule has 3 rings (SSSR count). The molecule has 2 aromatic rings. The highest BCUT2D eigenvalue weighted by Crippen LogP contribution is 2.38. The number of aliphatic hydroxyl groups is 1. The van der Waals surface area contributed by atoms with Crippen LogP contribution in [0.4, 0.5) is 4.39 Å². The van der Waals surface area contributed by atoms with E-state index in [9.17, 15) is 9.50 Å². The van der Waals surface area contributed by atoms with Crippen molar-refractivity contribution in [2.24, 2.45) is 0 Å². The average Bonchev–Trinajstić information content (AvgIpc) is 2.88. The van der Waals surface area contributed by atoms with E-state index >= 15 is 0 Å². The highest BCUT2D eigenvalue weighted by molar-refractivity contribution is 9.10. The molecule has 1 aromatic carbocycles. The third kappa shape index (κ3) is 2.54. The second-order valence-corrected chi connectivity index (χ2v) is 7.37. The molecular weight excluding hydrogens is 363 g/mol. The molecule has 0 amide bonds. The van der Waals surface area contributed by atoms with Gasteiger partial charge in [-0.3, -0.25) is 0 Å². The molecule has 0 bridgehead atoms. The van der Waals surface area contributed by atoms with Crippen LogP contribution in [0.15, 0.2) is 22.7 Å². The fraction of sp³-hybridized carbons (Fsp3) is 0.333. The minimum Gasteiger partial charge on any atom is -0.383 e. The van der Waals surface area contributed by atoms with E-state index in [1.165, 1.54) is 23.3 Å². The number of halogens is 3. The van der Waals surface area contributed by atoms with Crippen LogP contribution in [0.3, 0.4) is 0 Å². The maximum Gasteiger partial charge on any atom is 0.149 e. The maximum absolute atomic E-state index is 14.2. The van der Waals surface area contributed by atoms with E-state index in [4.69, 9.17) is 11.6 Å². The summed E-state index contributed by atoms with van der Waals surface area (Å²) in [4.78, 5) is 2.13. The molecule has 0 aliphatic heterocycles. The van der Waals surface area contributed by atoms with E-state index in [0.29, 0.717) is 4.47 Å². The smallest absolute Gasteiger partial charge is 0.149 e. The standard InChI is InChI=1S/C15H13BrClFOS/c16-10-6-5-9(14(18)13(10)17)15(19)12-7-8-3-1-2-4-11(8)20-12/h5-7,15,19H,1-4H2. The number of fused-ring (bicyclic) bond motifs is 1. The molecule has 1 N–H and O–H groups in total. The second-order valence-electron chi connectivity index (χ2n) is 4.97. The van der Waals surface area contributed by atoms with Gasteiger partial charge < -0.3 is 5.11 Å². The summed E-state index contributed by atoms with van der Waals surface area (Å²) in [6.45, 7) is 0. The van der Waals surface area contributed by atoms with Gasteiger partial charge in [0.15, 0.2) is 0 Å². The molecule has 1 unspecified atom stereocenters. The zero-order valence-electron chi connectivity index (χ0n) is 10.6. The van der Waals surface area contributed by atoms with Crippen LogP contribution in [0, 0.1) is 5.82 Å². The monoisotopic (exact) mass is 374 g/mol. The molecule has 20 heavy (non-hydrogen) atoms. The van der Waals surface area contributed by atoms with Gasteiger partial charge in [-0.05, 0) is 59.3 Å². The highest BCUT2D eigenvalue weighted by Gasteiger charge is 2.22. The summed E-state index contributed by atoms with van der Waals surface area (Å²) in [5.74, 6) is -0.556. The molecule has 0 radical (unpaired) electrons. The van der Waals surface area contributed by atoms with E-state index in [-0.39, 0.29) is 10.6 Å². The van der Waals surface area contributed by atoms with Crippen molar-refractivity contribution in [1.29, 1.82) is 0 Å². The number of hydrogen-bond acceptors (Lipinski definition) is 2. The predicted molar refractivity (Wildman–Crippen MR) is 84.1 cm³/mol. The molecule has 1 nitrogen and oxygen atoms in total. The zero-order chi connectivity index (χ0) is 14.3. The van der Waals surface area contributed by atoms with Crippen molar-refractivity contribution in [1.82, 2.24) is 0 Å². The predicted octanol–water partition coefficient (Wildman–Crippen LogP) is 5.26. The number of aliphatic hydroxyl groups excluding tert-OH is 1. The molecule has 106 valence electrons. The molecule has 1 aliphatic rings. The van der Waals surface area contributed by atoms with Gasteiger partial charge in [0.1, 0.15) is 11.9 Å². The summed E-state index contributed by atoms with van der Waals surface area (Å²) < 4.78 is 14.7. The summed E-state index contributed by atoms with van der Waals surface area (Å²) in [6.07, 6.45) is 3.56. The quantitative estimate of drug-likeness (QED) is 0.710. The van der Waals surface area contributed by atoms with Gasteiger partial charge in [0.25, 0.3) is 0 Å². The summed E-state index contributed by atoms with van der Waals surface area (Å²) in [5.41, 5.74) is 1.54. The van der Waals surface area contributed by atoms with Crippen LogP contribution in [0.5, 0.6) is 0 Å². The maximum atomic E-state index is 14.2. The Morgan fingerprint density at radius 3 is 2.80 bits per heavy atom. The minimum atomic E-state index is -0.948. The molecule has 0 saturated heterocycles. The van der Waals surface area contributed by atoms with Crippen molar-refractivity contribution in [2.75, 3.05) is 0 Å². The Kier molecular flexibility index (Phi) is 4.18. The third-order valence-corrected chi connectivity index (χ3v) is 6.19. The van der Waals surface area contributed by atoms with Crippen molar-refractivity contribution in [3.63, 3.8) is 0 Å². The van der Waals surface area contributed by atoms with E-state index in [0.717, 1.165) is 17.7 Å². The largest absolute Gasteiger partial charge is 0.383 e. The van der Waals surface area contributed by atoms with Gasteiger partial charge in [-0.15, -0.1) is 11.3 Å². The number of thiophene rings is 1. The van der Waals surface area contributed by atoms with E-state index in [2.05, 4.69) is 15.9 Å². The van der Waals surface area contributed by atoms with Crippen LogP contribution in [0.1, 0.15) is 39.8 Å². The van der Waals surface area contributed by atoms with Crippen molar-refractivity contribution in [2.45, 2.75) is 31.8 Å². The normalized spacial score (nSPS) is 16.0. The molecule has 5 heteroatoms. The van der Waals surface area contributed by atoms with Gasteiger partial charge in [-0.2, -0.15) is 0 Å². The van der Waals surface area contributed by atoms with Crippen LogP contribution in [0.2, 0.25) is 5.02 Å². The first kappa shape index (κ1) is 14.5. The van der Waals surface area contributed by atoms with Crippen LogP contribution in [-0.4, -0.2) is 5.11 Å². The van der Waals surface area contributed by atoms with Gasteiger partial charge in [0.05, 0.1) is 5.02 Å². The summed E-state index contributed by atoms with van der Waals surface area (Å²) >= 11 is 10.7. The van der Waals surface area contributed by atoms with Crippen molar-refractivity contribution in [3.8, 4) is 0 Å². The lowest BCUT2D eigenvalue weighted by Crippen LogP contribution is -2.01. The molecule has 1 aromatic heterocycles. The van der Waals surface area contributed by atoms with Crippen LogP contribution in [0.25, 0.3) is 0 Å². The van der Waals surface area contributed by atoms with E-state index in [1.807, 2.05) is 6.07 Å². The Bertz CT molecular complexity index is 632. The van der Waals surface area contributed by atoms with Gasteiger partial charge >= 0.3 is 0 Å². The Morgan fingerprint density at radius 2 is 2.05 bits per heavy atom. The summed E-state index contributed by atoms with van der Waals surface area (Å²) in [6, 6.07) is 5.26. The van der Waals surface area contributed by atoms with Crippen molar-refractivity contribution >= 4 is 38.9 Å². The summed E-state index contributed by atoms with van der Waals surface area (Å²) in [7, 11) is 0. The first-order valence-corrected chi connectivity index (χ1v) is 8.49. The third-order valence-electron chi connectivity index (χ3n) is 3.64. The molecule has 1 heterocycles. The molecule has 1 atom stereocenters. The fourth-order valence-corrected chi connectivity index (χ4v) is 4.29. The van der Waals surface area contributed by atoms with Gasteiger partial charge in [0.2, 0.25) is 0 Å². The van der Waals surface area contributed by atoms with Crippen LogP contribution in [-0.2, 0) is 12.8 Å². The Labute approximate surface area is 134 Å². The Hall–Kier alpha value is -0.420. The van der Waals surface area contributed by atoms with Crippen LogP contribution < -0.4 is 0 Å². The van der Waals surface area contributed by atoms with Crippen molar-refractivity contribution < 1.29 is 9.50 Å². The van der Waals surface area contributed by atoms with Gasteiger partial charge in [-0.25, -0.2) is 4.39 Å². The van der Waals surface area contributed by atoms with E-state index in [1.54, 1.807) is 23.5 Å². The van der Waals surface area contributed by atoms with E-state index < -0.39 is 11.9 Å². The number of benzene rings is 1. The molecule has 0 fully saturated rings. The first-order chi connectivity index (χ1) is 9.58. The Morgan fingerprint density at radius 1 is 1.30 bits per heavy atom. The average molecular weight is 376 g/mol. The second kappa shape index (κ2) is 5.76. The molecule has 0 spiro atoms. The SMILES string of the molecule is OC(c1cc2c(s1)CCCC2)c1ccc(Br)c(Cl)c1F. The lowest BCUT2D eigenvalue weighted by Gasteiger charge is -2.11. The Balaban J connectivity index is 1.98. The molecule has 1 aliphatic carbocycles. The first-order valence-electron chi connectivity index (χ1n) is 6.51. The summed E-state index contributed by atoms with van der Waals surface area (Å²) in [5, 5.41) is 10.5. The van der Waals surface area contributed by atoms with Gasteiger partial charge in [0, 0.05) is 19.8 Å². The number of hydrogen-bond donors (Lipinski definition) is 1. The lowest BCUT2D eigenvalue weighted by atomic mass is 9.98. The number of aryl methyl sites for hydroxylation is 2. The zero-order valence-corrected chi connectivity index (χ0v) is 13.8. The van der Waals surface area contributed by atoms with Gasteiger partial charge in [-0.1, -0.05) is 17.7 Å². The highest BCUT2D eigenvalue weighted by atomic mass is 79.9.